The summed E-state index contributed by atoms with van der Waals surface area (Å²) in [5.41, 5.74) is 7.12. The summed E-state index contributed by atoms with van der Waals surface area (Å²) < 4.78 is 10.1. The fraction of sp³-hybridized carbons (Fsp3) is 0.444. The van der Waals surface area contributed by atoms with Crippen molar-refractivity contribution in [3.05, 3.63) is 24.0 Å². The van der Waals surface area contributed by atoms with E-state index in [-0.39, 0.29) is 0 Å². The minimum Gasteiger partial charge on any atom is -0.399 e. The second-order valence-corrected chi connectivity index (χ2v) is 2.63. The van der Waals surface area contributed by atoms with Gasteiger partial charge in [0.2, 0.25) is 0 Å². The number of nitrogen functional groups attached to an aromatic ring is 1. The molecular formula is C9H14N2O2. The van der Waals surface area contributed by atoms with Crippen LogP contribution in [0, 0.1) is 0 Å². The Balaban J connectivity index is 2.28. The number of nitrogens with two attached hydrogens (primary N) is 1. The van der Waals surface area contributed by atoms with Gasteiger partial charge < -0.3 is 15.2 Å². The standard InChI is InChI=1S/C9H14N2O2/c1-12-4-5-13-7-9-6-8(10)2-3-11-9/h2-3,6H,4-5,7H2,1H3,(H2,10,11). The first-order valence-corrected chi connectivity index (χ1v) is 4.10. The molecule has 0 bridgehead atoms. The van der Waals surface area contributed by atoms with Crippen LogP contribution in [0.2, 0.25) is 0 Å². The molecule has 1 rings (SSSR count). The third-order valence-electron chi connectivity index (χ3n) is 1.52. The molecule has 4 nitrogen and oxygen atoms in total. The minimum atomic E-state index is 0.481. The van der Waals surface area contributed by atoms with E-state index in [2.05, 4.69) is 4.98 Å². The van der Waals surface area contributed by atoms with Gasteiger partial charge in [0.1, 0.15) is 0 Å². The summed E-state index contributed by atoms with van der Waals surface area (Å²) in [7, 11) is 1.64. The van der Waals surface area contributed by atoms with E-state index in [1.807, 2.05) is 0 Å². The summed E-state index contributed by atoms with van der Waals surface area (Å²) in [4.78, 5) is 4.09. The summed E-state index contributed by atoms with van der Waals surface area (Å²) in [6.45, 7) is 1.66. The van der Waals surface area contributed by atoms with E-state index >= 15 is 0 Å². The Hall–Kier alpha value is -1.13. The monoisotopic (exact) mass is 182 g/mol. The van der Waals surface area contributed by atoms with Gasteiger partial charge in [-0.15, -0.1) is 0 Å². The summed E-state index contributed by atoms with van der Waals surface area (Å²) >= 11 is 0. The second kappa shape index (κ2) is 5.50. The number of pyridine rings is 1. The van der Waals surface area contributed by atoms with E-state index in [9.17, 15) is 0 Å². The Morgan fingerprint density at radius 2 is 2.31 bits per heavy atom. The van der Waals surface area contributed by atoms with Crippen molar-refractivity contribution in [2.45, 2.75) is 6.61 Å². The molecule has 4 heteroatoms. The molecule has 0 fully saturated rings. The van der Waals surface area contributed by atoms with Gasteiger partial charge in [-0.3, -0.25) is 4.98 Å². The number of anilines is 1. The summed E-state index contributed by atoms with van der Waals surface area (Å²) in [5, 5.41) is 0. The lowest BCUT2D eigenvalue weighted by Crippen LogP contribution is -2.03. The van der Waals surface area contributed by atoms with Crippen molar-refractivity contribution in [1.82, 2.24) is 4.98 Å². The lowest BCUT2D eigenvalue weighted by atomic mass is 10.3. The lowest BCUT2D eigenvalue weighted by Gasteiger charge is -2.03. The van der Waals surface area contributed by atoms with E-state index in [0.717, 1.165) is 5.69 Å². The summed E-state index contributed by atoms with van der Waals surface area (Å²) in [6.07, 6.45) is 1.67. The zero-order chi connectivity index (χ0) is 9.52. The van der Waals surface area contributed by atoms with Gasteiger partial charge in [-0.25, -0.2) is 0 Å². The van der Waals surface area contributed by atoms with E-state index < -0.39 is 0 Å². The predicted octanol–water partition coefficient (Wildman–Crippen LogP) is 0.827. The maximum atomic E-state index is 5.57. The molecule has 0 radical (unpaired) electrons. The Morgan fingerprint density at radius 3 is 3.00 bits per heavy atom. The van der Waals surface area contributed by atoms with E-state index in [1.54, 1.807) is 25.4 Å². The van der Waals surface area contributed by atoms with Crippen LogP contribution < -0.4 is 5.73 Å². The van der Waals surface area contributed by atoms with Crippen LogP contribution in [-0.4, -0.2) is 25.3 Å². The van der Waals surface area contributed by atoms with Crippen molar-refractivity contribution in [2.24, 2.45) is 0 Å². The first-order chi connectivity index (χ1) is 6.33. The SMILES string of the molecule is COCCOCc1cc(N)ccn1. The lowest BCUT2D eigenvalue weighted by molar-refractivity contribution is 0.0602. The van der Waals surface area contributed by atoms with Crippen LogP contribution in [0.1, 0.15) is 5.69 Å². The van der Waals surface area contributed by atoms with E-state index in [0.29, 0.717) is 25.5 Å². The molecule has 72 valence electrons. The Morgan fingerprint density at radius 1 is 1.46 bits per heavy atom. The highest BCUT2D eigenvalue weighted by Crippen LogP contribution is 2.03. The number of ether oxygens (including phenoxy) is 2. The number of rotatable bonds is 5. The molecule has 13 heavy (non-hydrogen) atoms. The molecule has 0 aliphatic rings. The Bertz CT molecular complexity index is 253. The molecule has 0 aromatic carbocycles. The number of aromatic nitrogens is 1. The van der Waals surface area contributed by atoms with Gasteiger partial charge in [0.05, 0.1) is 25.5 Å². The number of methoxy groups -OCH3 is 1. The summed E-state index contributed by atoms with van der Waals surface area (Å²) in [5.74, 6) is 0. The van der Waals surface area contributed by atoms with Crippen LogP contribution in [0.3, 0.4) is 0 Å². The number of hydrogen-bond donors (Lipinski definition) is 1. The van der Waals surface area contributed by atoms with Crippen LogP contribution in [-0.2, 0) is 16.1 Å². The molecule has 1 heterocycles. The zero-order valence-electron chi connectivity index (χ0n) is 7.69. The van der Waals surface area contributed by atoms with Gasteiger partial charge in [-0.1, -0.05) is 0 Å². The molecule has 0 spiro atoms. The van der Waals surface area contributed by atoms with Gasteiger partial charge in [0.15, 0.2) is 0 Å². The second-order valence-electron chi connectivity index (χ2n) is 2.63. The molecule has 0 amide bonds. The highest BCUT2D eigenvalue weighted by Gasteiger charge is 1.94. The smallest absolute Gasteiger partial charge is 0.0889 e. The van der Waals surface area contributed by atoms with Gasteiger partial charge >= 0.3 is 0 Å². The summed E-state index contributed by atoms with van der Waals surface area (Å²) in [6, 6.07) is 3.55. The molecule has 0 aliphatic carbocycles. The largest absolute Gasteiger partial charge is 0.399 e. The van der Waals surface area contributed by atoms with Crippen molar-refractivity contribution in [1.29, 1.82) is 0 Å². The number of nitrogens with zero attached hydrogens (tertiary/aromatic N) is 1. The first kappa shape index (κ1) is 9.95. The van der Waals surface area contributed by atoms with Crippen molar-refractivity contribution >= 4 is 5.69 Å². The predicted molar refractivity (Wildman–Crippen MR) is 50.2 cm³/mol. The van der Waals surface area contributed by atoms with E-state index in [4.69, 9.17) is 15.2 Å². The Labute approximate surface area is 77.7 Å². The van der Waals surface area contributed by atoms with Crippen LogP contribution in [0.4, 0.5) is 5.69 Å². The molecule has 2 N–H and O–H groups in total. The minimum absolute atomic E-state index is 0.481. The molecule has 1 aromatic heterocycles. The average molecular weight is 182 g/mol. The quantitative estimate of drug-likeness (QED) is 0.685. The Kier molecular flexibility index (Phi) is 4.21. The van der Waals surface area contributed by atoms with Gasteiger partial charge in [-0.2, -0.15) is 0 Å². The van der Waals surface area contributed by atoms with Gasteiger partial charge in [0, 0.05) is 19.0 Å². The van der Waals surface area contributed by atoms with Gasteiger partial charge in [-0.05, 0) is 12.1 Å². The number of hydrogen-bond acceptors (Lipinski definition) is 4. The van der Waals surface area contributed by atoms with Gasteiger partial charge in [0.25, 0.3) is 0 Å². The molecule has 0 saturated carbocycles. The fourth-order valence-corrected chi connectivity index (χ4v) is 0.895. The normalized spacial score (nSPS) is 10.2. The van der Waals surface area contributed by atoms with Crippen LogP contribution in [0.25, 0.3) is 0 Å². The maximum Gasteiger partial charge on any atom is 0.0889 e. The van der Waals surface area contributed by atoms with Crippen molar-refractivity contribution < 1.29 is 9.47 Å². The molecular weight excluding hydrogens is 168 g/mol. The highest BCUT2D eigenvalue weighted by atomic mass is 16.5. The van der Waals surface area contributed by atoms with E-state index in [1.165, 1.54) is 0 Å². The molecule has 0 saturated heterocycles. The molecule has 0 unspecified atom stereocenters. The average Bonchev–Trinajstić information content (AvgIpc) is 2.13. The van der Waals surface area contributed by atoms with Crippen molar-refractivity contribution in [2.75, 3.05) is 26.1 Å². The molecule has 0 aliphatic heterocycles. The highest BCUT2D eigenvalue weighted by molar-refractivity contribution is 5.36. The van der Waals surface area contributed by atoms with Crippen molar-refractivity contribution in [3.8, 4) is 0 Å². The van der Waals surface area contributed by atoms with Crippen LogP contribution in [0.5, 0.6) is 0 Å². The molecule has 1 aromatic rings. The van der Waals surface area contributed by atoms with Crippen molar-refractivity contribution in [3.63, 3.8) is 0 Å². The third kappa shape index (κ3) is 3.87. The van der Waals surface area contributed by atoms with Crippen LogP contribution >= 0.6 is 0 Å². The maximum absolute atomic E-state index is 5.57. The topological polar surface area (TPSA) is 57.4 Å². The fourth-order valence-electron chi connectivity index (χ4n) is 0.895. The van der Waals surface area contributed by atoms with Crippen LogP contribution in [0.15, 0.2) is 18.3 Å². The zero-order valence-corrected chi connectivity index (χ0v) is 7.69. The first-order valence-electron chi connectivity index (χ1n) is 4.10. The molecule has 0 atom stereocenters. The third-order valence-corrected chi connectivity index (χ3v) is 1.52.